The van der Waals surface area contributed by atoms with Crippen LogP contribution in [-0.4, -0.2) is 32.0 Å². The van der Waals surface area contributed by atoms with Crippen molar-refractivity contribution < 1.29 is 9.13 Å². The van der Waals surface area contributed by atoms with Crippen LogP contribution in [0.15, 0.2) is 0 Å². The van der Waals surface area contributed by atoms with Gasteiger partial charge in [0.1, 0.15) is 5.67 Å². The van der Waals surface area contributed by atoms with Gasteiger partial charge in [-0.3, -0.25) is 0 Å². The quantitative estimate of drug-likeness (QED) is 0.635. The van der Waals surface area contributed by atoms with Crippen LogP contribution >= 0.6 is 0 Å². The van der Waals surface area contributed by atoms with Gasteiger partial charge in [0, 0.05) is 26.3 Å². The van der Waals surface area contributed by atoms with Crippen molar-refractivity contribution in [2.24, 2.45) is 17.4 Å². The molecule has 0 bridgehead atoms. The summed E-state index contributed by atoms with van der Waals surface area (Å²) in [6, 6.07) is 0. The van der Waals surface area contributed by atoms with Crippen LogP contribution in [0.4, 0.5) is 4.39 Å². The van der Waals surface area contributed by atoms with Gasteiger partial charge in [-0.05, 0) is 18.8 Å². The highest BCUT2D eigenvalue weighted by Gasteiger charge is 2.31. The first-order chi connectivity index (χ1) is 5.70. The Kier molecular flexibility index (Phi) is 3.43. The molecule has 1 fully saturated rings. The first-order valence-electron chi connectivity index (χ1n) is 4.37. The Balaban J connectivity index is 2.35. The zero-order valence-corrected chi connectivity index (χ0v) is 7.26. The molecular weight excluding hydrogens is 159 g/mol. The maximum absolute atomic E-state index is 13.6. The molecule has 0 aliphatic carbocycles. The van der Waals surface area contributed by atoms with Gasteiger partial charge in [0.2, 0.25) is 0 Å². The fourth-order valence-corrected chi connectivity index (χ4v) is 1.51. The van der Waals surface area contributed by atoms with Crippen LogP contribution in [0.25, 0.3) is 0 Å². The summed E-state index contributed by atoms with van der Waals surface area (Å²) in [6.45, 7) is 1.43. The van der Waals surface area contributed by atoms with E-state index in [0.29, 0.717) is 18.9 Å². The van der Waals surface area contributed by atoms with E-state index in [4.69, 9.17) is 16.2 Å². The van der Waals surface area contributed by atoms with Gasteiger partial charge in [-0.2, -0.15) is 0 Å². The number of rotatable bonds is 4. The monoisotopic (exact) mass is 176 g/mol. The average Bonchev–Trinajstić information content (AvgIpc) is 2.57. The number of halogens is 1. The Labute approximate surface area is 72.2 Å². The lowest BCUT2D eigenvalue weighted by Crippen LogP contribution is -2.42. The highest BCUT2D eigenvalue weighted by Crippen LogP contribution is 2.25. The topological polar surface area (TPSA) is 61.3 Å². The number of hydrogen-bond donors (Lipinski definition) is 2. The number of alkyl halides is 1. The molecule has 0 aromatic carbocycles. The fourth-order valence-electron chi connectivity index (χ4n) is 1.51. The van der Waals surface area contributed by atoms with Gasteiger partial charge in [-0.25, -0.2) is 4.39 Å². The summed E-state index contributed by atoms with van der Waals surface area (Å²) < 4.78 is 18.7. The number of ether oxygens (including phenoxy) is 1. The first kappa shape index (κ1) is 9.89. The Bertz CT molecular complexity index is 133. The molecule has 3 nitrogen and oxygen atoms in total. The van der Waals surface area contributed by atoms with Crippen LogP contribution in [0.3, 0.4) is 0 Å². The van der Waals surface area contributed by atoms with E-state index in [1.165, 1.54) is 0 Å². The molecular formula is C8H17FN2O. The van der Waals surface area contributed by atoms with E-state index < -0.39 is 5.67 Å². The largest absolute Gasteiger partial charge is 0.381 e. The molecule has 1 aliphatic rings. The van der Waals surface area contributed by atoms with Gasteiger partial charge in [-0.15, -0.1) is 0 Å². The molecule has 4 N–H and O–H groups in total. The maximum atomic E-state index is 13.6. The average molecular weight is 176 g/mol. The molecule has 1 unspecified atom stereocenters. The lowest BCUT2D eigenvalue weighted by molar-refractivity contribution is 0.125. The SMILES string of the molecule is NCC(F)(CN)CC1CCOC1. The van der Waals surface area contributed by atoms with Gasteiger partial charge in [-0.1, -0.05) is 0 Å². The Morgan fingerprint density at radius 3 is 2.50 bits per heavy atom. The van der Waals surface area contributed by atoms with Gasteiger partial charge in [0.25, 0.3) is 0 Å². The minimum Gasteiger partial charge on any atom is -0.381 e. The summed E-state index contributed by atoms with van der Waals surface area (Å²) in [4.78, 5) is 0. The predicted molar refractivity (Wildman–Crippen MR) is 45.5 cm³/mol. The van der Waals surface area contributed by atoms with E-state index in [-0.39, 0.29) is 13.1 Å². The summed E-state index contributed by atoms with van der Waals surface area (Å²) in [5.41, 5.74) is 9.22. The highest BCUT2D eigenvalue weighted by molar-refractivity contribution is 4.85. The van der Waals surface area contributed by atoms with Crippen LogP contribution in [0.2, 0.25) is 0 Å². The molecule has 0 aromatic rings. The lowest BCUT2D eigenvalue weighted by Gasteiger charge is -2.24. The second-order valence-corrected chi connectivity index (χ2v) is 3.49. The van der Waals surface area contributed by atoms with Crippen molar-refractivity contribution in [2.75, 3.05) is 26.3 Å². The molecule has 4 heteroatoms. The number of nitrogens with two attached hydrogens (primary N) is 2. The third-order valence-corrected chi connectivity index (χ3v) is 2.41. The minimum absolute atomic E-state index is 0.0139. The fraction of sp³-hybridized carbons (Fsp3) is 1.00. The van der Waals surface area contributed by atoms with Crippen molar-refractivity contribution in [3.63, 3.8) is 0 Å². The van der Waals surface area contributed by atoms with Crippen molar-refractivity contribution in [1.82, 2.24) is 0 Å². The molecule has 1 rings (SSSR count). The Hall–Kier alpha value is -0.190. The van der Waals surface area contributed by atoms with Crippen molar-refractivity contribution in [3.05, 3.63) is 0 Å². The van der Waals surface area contributed by atoms with E-state index in [9.17, 15) is 4.39 Å². The Morgan fingerprint density at radius 1 is 1.42 bits per heavy atom. The van der Waals surface area contributed by atoms with Crippen molar-refractivity contribution in [1.29, 1.82) is 0 Å². The smallest absolute Gasteiger partial charge is 0.135 e. The second-order valence-electron chi connectivity index (χ2n) is 3.49. The molecule has 0 amide bonds. The summed E-state index contributed by atoms with van der Waals surface area (Å²) in [5, 5.41) is 0. The summed E-state index contributed by atoms with van der Waals surface area (Å²) in [7, 11) is 0. The summed E-state index contributed by atoms with van der Waals surface area (Å²) >= 11 is 0. The van der Waals surface area contributed by atoms with Gasteiger partial charge < -0.3 is 16.2 Å². The molecule has 0 spiro atoms. The van der Waals surface area contributed by atoms with E-state index in [1.807, 2.05) is 0 Å². The zero-order valence-electron chi connectivity index (χ0n) is 7.26. The zero-order chi connectivity index (χ0) is 9.03. The predicted octanol–water partition coefficient (Wildman–Crippen LogP) is 0.0387. The lowest BCUT2D eigenvalue weighted by atomic mass is 9.91. The van der Waals surface area contributed by atoms with Crippen LogP contribution < -0.4 is 11.5 Å². The first-order valence-corrected chi connectivity index (χ1v) is 4.37. The third kappa shape index (κ3) is 2.40. The molecule has 1 saturated heterocycles. The number of hydrogen-bond acceptors (Lipinski definition) is 3. The van der Waals surface area contributed by atoms with Gasteiger partial charge in [0.15, 0.2) is 0 Å². The minimum atomic E-state index is -1.38. The maximum Gasteiger partial charge on any atom is 0.135 e. The highest BCUT2D eigenvalue weighted by atomic mass is 19.1. The second kappa shape index (κ2) is 4.16. The molecule has 1 aliphatic heterocycles. The molecule has 72 valence electrons. The molecule has 0 saturated carbocycles. The van der Waals surface area contributed by atoms with E-state index in [0.717, 1.165) is 13.0 Å². The summed E-state index contributed by atoms with van der Waals surface area (Å²) in [5.74, 6) is 0.307. The summed E-state index contributed by atoms with van der Waals surface area (Å²) in [6.07, 6.45) is 1.38. The molecule has 1 heterocycles. The van der Waals surface area contributed by atoms with Gasteiger partial charge >= 0.3 is 0 Å². The van der Waals surface area contributed by atoms with Gasteiger partial charge in [0.05, 0.1) is 0 Å². The van der Waals surface area contributed by atoms with Crippen LogP contribution in [0, 0.1) is 5.92 Å². The van der Waals surface area contributed by atoms with Crippen LogP contribution in [0.1, 0.15) is 12.8 Å². The normalized spacial score (nSPS) is 24.8. The van der Waals surface area contributed by atoms with Crippen molar-refractivity contribution >= 4 is 0 Å². The van der Waals surface area contributed by atoms with Crippen LogP contribution in [0.5, 0.6) is 0 Å². The standard InChI is InChI=1S/C8H17FN2O/c9-8(5-10,6-11)3-7-1-2-12-4-7/h7H,1-6,10-11H2. The molecule has 1 atom stereocenters. The third-order valence-electron chi connectivity index (χ3n) is 2.41. The van der Waals surface area contributed by atoms with E-state index in [2.05, 4.69) is 0 Å². The van der Waals surface area contributed by atoms with Crippen LogP contribution in [-0.2, 0) is 4.74 Å². The Morgan fingerprint density at radius 2 is 2.08 bits per heavy atom. The molecule has 0 aromatic heterocycles. The van der Waals surface area contributed by atoms with Crippen molar-refractivity contribution in [3.8, 4) is 0 Å². The molecule has 0 radical (unpaired) electrons. The van der Waals surface area contributed by atoms with Crippen molar-refractivity contribution in [2.45, 2.75) is 18.5 Å². The molecule has 12 heavy (non-hydrogen) atoms. The van der Waals surface area contributed by atoms with E-state index >= 15 is 0 Å². The van der Waals surface area contributed by atoms with E-state index in [1.54, 1.807) is 0 Å².